The van der Waals surface area contributed by atoms with E-state index in [0.717, 1.165) is 11.3 Å². The van der Waals surface area contributed by atoms with E-state index in [0.29, 0.717) is 13.0 Å². The molecule has 0 aliphatic rings. The van der Waals surface area contributed by atoms with E-state index in [1.165, 1.54) is 6.92 Å². The Morgan fingerprint density at radius 2 is 1.94 bits per heavy atom. The first-order valence-electron chi connectivity index (χ1n) is 5.75. The highest BCUT2D eigenvalue weighted by Gasteiger charge is 2.23. The van der Waals surface area contributed by atoms with Gasteiger partial charge in [-0.15, -0.1) is 0 Å². The van der Waals surface area contributed by atoms with Crippen LogP contribution in [0.1, 0.15) is 27.2 Å². The molecule has 0 bridgehead atoms. The molecule has 0 saturated carbocycles. The number of nitrogens with two attached hydrogens (primary N) is 1. The molecule has 0 aliphatic heterocycles. The highest BCUT2D eigenvalue weighted by atomic mass is 16.2. The normalized spacial score (nSPS) is 11.3. The first-order valence-corrected chi connectivity index (χ1v) is 5.75. The van der Waals surface area contributed by atoms with E-state index in [9.17, 15) is 14.4 Å². The number of carbonyl (C=O) groups excluding carboxylic acids is 3. The van der Waals surface area contributed by atoms with Gasteiger partial charge >= 0.3 is 6.03 Å². The summed E-state index contributed by atoms with van der Waals surface area (Å²) in [6, 6.07) is -0.504. The lowest BCUT2D eigenvalue weighted by molar-refractivity contribution is -0.125. The van der Waals surface area contributed by atoms with Gasteiger partial charge in [-0.25, -0.2) is 4.79 Å². The molecule has 102 valence electrons. The zero-order valence-electron chi connectivity index (χ0n) is 10.9. The summed E-state index contributed by atoms with van der Waals surface area (Å²) in [4.78, 5) is 35.1. The van der Waals surface area contributed by atoms with Crippen LogP contribution in [0.15, 0.2) is 11.4 Å². The van der Waals surface area contributed by atoms with Gasteiger partial charge in [0.2, 0.25) is 6.41 Å². The summed E-state index contributed by atoms with van der Waals surface area (Å²) in [7, 11) is 0. The van der Waals surface area contributed by atoms with Crippen molar-refractivity contribution in [1.29, 1.82) is 0 Å². The summed E-state index contributed by atoms with van der Waals surface area (Å²) in [5, 5.41) is 4.80. The van der Waals surface area contributed by atoms with Crippen molar-refractivity contribution in [3.63, 3.8) is 0 Å². The predicted molar refractivity (Wildman–Crippen MR) is 67.2 cm³/mol. The minimum Gasteiger partial charge on any atom is -0.400 e. The van der Waals surface area contributed by atoms with Gasteiger partial charge in [0.15, 0.2) is 0 Å². The van der Waals surface area contributed by atoms with Gasteiger partial charge in [-0.3, -0.25) is 14.5 Å². The number of allylic oxidation sites excluding steroid dienone is 1. The first-order chi connectivity index (χ1) is 8.49. The van der Waals surface area contributed by atoms with Crippen LogP contribution in [0.4, 0.5) is 4.79 Å². The molecule has 4 amide bonds. The minimum absolute atomic E-state index is 0.0847. The van der Waals surface area contributed by atoms with Crippen molar-refractivity contribution in [2.24, 2.45) is 5.73 Å². The fourth-order valence-electron chi connectivity index (χ4n) is 1.24. The van der Waals surface area contributed by atoms with Crippen LogP contribution in [-0.4, -0.2) is 36.3 Å². The van der Waals surface area contributed by atoms with Crippen LogP contribution in [-0.2, 0) is 9.59 Å². The van der Waals surface area contributed by atoms with Crippen LogP contribution in [0.3, 0.4) is 0 Å². The SMILES string of the molecule is CCCNC(=O)N(CC)C(=O)/C(NC=O)=C(\C)N. The summed E-state index contributed by atoms with van der Waals surface area (Å²) < 4.78 is 0. The molecule has 0 rings (SSSR count). The van der Waals surface area contributed by atoms with Crippen LogP contribution in [0.2, 0.25) is 0 Å². The second-order valence-electron chi connectivity index (χ2n) is 3.60. The smallest absolute Gasteiger partial charge is 0.324 e. The van der Waals surface area contributed by atoms with Crippen molar-refractivity contribution in [1.82, 2.24) is 15.5 Å². The molecule has 0 heterocycles. The summed E-state index contributed by atoms with van der Waals surface area (Å²) in [5.41, 5.74) is 5.56. The fourth-order valence-corrected chi connectivity index (χ4v) is 1.24. The minimum atomic E-state index is -0.627. The second kappa shape index (κ2) is 8.10. The van der Waals surface area contributed by atoms with Gasteiger partial charge in [0, 0.05) is 18.8 Å². The summed E-state index contributed by atoms with van der Waals surface area (Å²) in [6.45, 7) is 5.70. The first kappa shape index (κ1) is 16.0. The lowest BCUT2D eigenvalue weighted by Crippen LogP contribution is -2.46. The van der Waals surface area contributed by atoms with E-state index in [1.54, 1.807) is 6.92 Å². The fraction of sp³-hybridized carbons (Fsp3) is 0.545. The second-order valence-corrected chi connectivity index (χ2v) is 3.60. The van der Waals surface area contributed by atoms with E-state index in [2.05, 4.69) is 10.6 Å². The third-order valence-corrected chi connectivity index (χ3v) is 2.14. The zero-order valence-corrected chi connectivity index (χ0v) is 10.9. The molecule has 4 N–H and O–H groups in total. The Hall–Kier alpha value is -2.05. The molecule has 18 heavy (non-hydrogen) atoms. The molecule has 7 nitrogen and oxygen atoms in total. The summed E-state index contributed by atoms with van der Waals surface area (Å²) in [6.07, 6.45) is 1.12. The quantitative estimate of drug-likeness (QED) is 0.455. The molecule has 0 unspecified atom stereocenters. The van der Waals surface area contributed by atoms with Crippen LogP contribution >= 0.6 is 0 Å². The van der Waals surface area contributed by atoms with E-state index < -0.39 is 11.9 Å². The van der Waals surface area contributed by atoms with Gasteiger partial charge in [0.1, 0.15) is 5.70 Å². The molecule has 0 saturated heterocycles. The van der Waals surface area contributed by atoms with Gasteiger partial charge < -0.3 is 16.4 Å². The molecule has 0 spiro atoms. The Kier molecular flexibility index (Phi) is 7.18. The van der Waals surface area contributed by atoms with Gasteiger partial charge in [-0.05, 0) is 20.3 Å². The Balaban J connectivity index is 4.94. The molecular weight excluding hydrogens is 236 g/mol. The number of imide groups is 1. The van der Waals surface area contributed by atoms with Gasteiger partial charge in [-0.2, -0.15) is 0 Å². The van der Waals surface area contributed by atoms with Gasteiger partial charge in [-0.1, -0.05) is 6.92 Å². The number of nitrogens with one attached hydrogen (secondary N) is 2. The number of likely N-dealkylation sites (N-methyl/N-ethyl adjacent to an activating group) is 1. The van der Waals surface area contributed by atoms with Crippen LogP contribution in [0.25, 0.3) is 0 Å². The molecule has 0 fully saturated rings. The largest absolute Gasteiger partial charge is 0.400 e. The van der Waals surface area contributed by atoms with E-state index in [-0.39, 0.29) is 17.9 Å². The monoisotopic (exact) mass is 256 g/mol. The van der Waals surface area contributed by atoms with Crippen LogP contribution < -0.4 is 16.4 Å². The average Bonchev–Trinajstić information content (AvgIpc) is 2.33. The summed E-state index contributed by atoms with van der Waals surface area (Å²) >= 11 is 0. The molecular formula is C11H20N4O3. The number of nitrogens with zero attached hydrogens (tertiary/aromatic N) is 1. The highest BCUT2D eigenvalue weighted by molar-refractivity contribution is 6.04. The maximum atomic E-state index is 12.0. The number of rotatable bonds is 6. The van der Waals surface area contributed by atoms with Crippen molar-refractivity contribution >= 4 is 18.3 Å². The van der Waals surface area contributed by atoms with Crippen LogP contribution in [0, 0.1) is 0 Å². The Bertz CT molecular complexity index is 348. The van der Waals surface area contributed by atoms with E-state index >= 15 is 0 Å². The van der Waals surface area contributed by atoms with Gasteiger partial charge in [0.25, 0.3) is 5.91 Å². The maximum absolute atomic E-state index is 12.0. The van der Waals surface area contributed by atoms with E-state index in [4.69, 9.17) is 5.73 Å². The van der Waals surface area contributed by atoms with Crippen molar-refractivity contribution < 1.29 is 14.4 Å². The van der Waals surface area contributed by atoms with Crippen molar-refractivity contribution in [2.75, 3.05) is 13.1 Å². The Morgan fingerprint density at radius 3 is 2.33 bits per heavy atom. The Labute approximate surface area is 106 Å². The number of urea groups is 1. The lowest BCUT2D eigenvalue weighted by Gasteiger charge is -2.21. The predicted octanol–water partition coefficient (Wildman–Crippen LogP) is -0.109. The molecule has 0 aromatic carbocycles. The number of hydrogen-bond acceptors (Lipinski definition) is 4. The number of amides is 4. The third kappa shape index (κ3) is 4.44. The maximum Gasteiger partial charge on any atom is 0.324 e. The topological polar surface area (TPSA) is 105 Å². The molecule has 0 radical (unpaired) electrons. The number of carbonyl (C=O) groups is 3. The third-order valence-electron chi connectivity index (χ3n) is 2.14. The van der Waals surface area contributed by atoms with Gasteiger partial charge in [0.05, 0.1) is 0 Å². The molecule has 0 aromatic heterocycles. The molecule has 0 aliphatic carbocycles. The Morgan fingerprint density at radius 1 is 1.33 bits per heavy atom. The lowest BCUT2D eigenvalue weighted by atomic mass is 10.3. The zero-order chi connectivity index (χ0) is 14.1. The van der Waals surface area contributed by atoms with E-state index in [1.807, 2.05) is 6.92 Å². The molecule has 0 aromatic rings. The van der Waals surface area contributed by atoms with Crippen molar-refractivity contribution in [3.8, 4) is 0 Å². The standard InChI is InChI=1S/C11H20N4O3/c1-4-6-13-11(18)15(5-2)10(17)9(8(3)12)14-7-16/h7H,4-6,12H2,1-3H3,(H,13,18)(H,14,16)/b9-8-. The molecule has 0 atom stereocenters. The highest BCUT2D eigenvalue weighted by Crippen LogP contribution is 2.02. The number of hydrogen-bond donors (Lipinski definition) is 3. The summed E-state index contributed by atoms with van der Waals surface area (Å²) in [5.74, 6) is -0.627. The van der Waals surface area contributed by atoms with Crippen LogP contribution in [0.5, 0.6) is 0 Å². The molecule has 7 heteroatoms. The average molecular weight is 256 g/mol. The van der Waals surface area contributed by atoms with Crippen molar-refractivity contribution in [2.45, 2.75) is 27.2 Å². The van der Waals surface area contributed by atoms with Crippen molar-refractivity contribution in [3.05, 3.63) is 11.4 Å².